The summed E-state index contributed by atoms with van der Waals surface area (Å²) in [5, 5.41) is 11.9. The molecule has 1 N–H and O–H groups in total. The zero-order chi connectivity index (χ0) is 12.4. The molecule has 0 saturated carbocycles. The molecule has 17 heavy (non-hydrogen) atoms. The van der Waals surface area contributed by atoms with Crippen molar-refractivity contribution in [3.05, 3.63) is 33.8 Å². The third-order valence-electron chi connectivity index (χ3n) is 2.63. The quantitative estimate of drug-likeness (QED) is 0.929. The van der Waals surface area contributed by atoms with Gasteiger partial charge in [0.15, 0.2) is 0 Å². The van der Waals surface area contributed by atoms with E-state index in [1.165, 1.54) is 0 Å². The third kappa shape index (κ3) is 2.58. The first-order valence-electron chi connectivity index (χ1n) is 5.46. The normalized spacial score (nSPS) is 11.1. The Balaban J connectivity index is 2.19. The zero-order valence-corrected chi connectivity index (χ0v) is 11.8. The maximum absolute atomic E-state index is 4.48. The van der Waals surface area contributed by atoms with Crippen LogP contribution in [-0.4, -0.2) is 26.6 Å². The molecule has 0 aliphatic heterocycles. The average molecular weight is 298 g/mol. The van der Waals surface area contributed by atoms with E-state index in [-0.39, 0.29) is 0 Å². The molecule has 92 valence electrons. The number of rotatable bonds is 4. The Bertz CT molecular complexity index is 514. The molecule has 0 spiro atoms. The summed E-state index contributed by atoms with van der Waals surface area (Å²) < 4.78 is 4.87. The largest absolute Gasteiger partial charge is 0.314 e. The molecule has 5 nitrogen and oxygen atoms in total. The number of hydrogen-bond donors (Lipinski definition) is 1. The molecule has 6 heteroatoms. The Morgan fingerprint density at radius 2 is 2.18 bits per heavy atom. The van der Waals surface area contributed by atoms with Gasteiger partial charge in [0.25, 0.3) is 0 Å². The Hall–Kier alpha value is -1.14. The van der Waals surface area contributed by atoms with Crippen molar-refractivity contribution in [3.8, 4) is 0 Å². The van der Waals surface area contributed by atoms with E-state index in [1.54, 1.807) is 0 Å². The van der Waals surface area contributed by atoms with E-state index in [4.69, 9.17) is 0 Å². The second-order valence-corrected chi connectivity index (χ2v) is 4.80. The molecule has 2 heterocycles. The van der Waals surface area contributed by atoms with Crippen LogP contribution in [0.4, 0.5) is 0 Å². The number of aryl methyl sites for hydroxylation is 2. The first-order valence-corrected chi connectivity index (χ1v) is 6.26. The van der Waals surface area contributed by atoms with Crippen LogP contribution in [0.25, 0.3) is 0 Å². The maximum Gasteiger partial charge on any atom is 0.0839 e. The Labute approximate surface area is 109 Å². The summed E-state index contributed by atoms with van der Waals surface area (Å²) in [4.78, 5) is 0. The predicted molar refractivity (Wildman–Crippen MR) is 69.7 cm³/mol. The molecule has 0 aromatic carbocycles. The highest BCUT2D eigenvalue weighted by atomic mass is 79.9. The summed E-state index contributed by atoms with van der Waals surface area (Å²) in [6.07, 6.45) is 1.99. The molecule has 0 amide bonds. The van der Waals surface area contributed by atoms with Gasteiger partial charge in [-0.15, -0.1) is 0 Å². The fourth-order valence-corrected chi connectivity index (χ4v) is 2.23. The molecule has 0 aliphatic rings. The van der Waals surface area contributed by atoms with E-state index < -0.39 is 0 Å². The van der Waals surface area contributed by atoms with Crippen LogP contribution in [0.15, 0.2) is 16.7 Å². The summed E-state index contributed by atoms with van der Waals surface area (Å²) in [7, 11) is 3.87. The fraction of sp³-hybridized carbons (Fsp3) is 0.455. The van der Waals surface area contributed by atoms with Gasteiger partial charge in [0, 0.05) is 19.8 Å². The lowest BCUT2D eigenvalue weighted by atomic mass is 10.3. The average Bonchev–Trinajstić information content (AvgIpc) is 2.81. The molecule has 0 atom stereocenters. The van der Waals surface area contributed by atoms with Crippen LogP contribution in [0.2, 0.25) is 0 Å². The van der Waals surface area contributed by atoms with E-state index in [0.29, 0.717) is 0 Å². The molecule has 0 radical (unpaired) electrons. The van der Waals surface area contributed by atoms with E-state index >= 15 is 0 Å². The number of nitrogens with one attached hydrogen (secondary N) is 1. The van der Waals surface area contributed by atoms with Gasteiger partial charge in [-0.25, -0.2) is 0 Å². The van der Waals surface area contributed by atoms with Crippen molar-refractivity contribution >= 4 is 15.9 Å². The lowest BCUT2D eigenvalue weighted by Gasteiger charge is -2.03. The molecule has 0 aliphatic carbocycles. The second kappa shape index (κ2) is 5.01. The summed E-state index contributed by atoms with van der Waals surface area (Å²) in [5.41, 5.74) is 3.18. The first-order chi connectivity index (χ1) is 8.11. The van der Waals surface area contributed by atoms with Gasteiger partial charge < -0.3 is 5.32 Å². The van der Waals surface area contributed by atoms with Gasteiger partial charge >= 0.3 is 0 Å². The van der Waals surface area contributed by atoms with Crippen LogP contribution in [-0.2, 0) is 20.1 Å². The zero-order valence-electron chi connectivity index (χ0n) is 10.2. The van der Waals surface area contributed by atoms with E-state index in [9.17, 15) is 0 Å². The molecule has 2 aromatic heterocycles. The van der Waals surface area contributed by atoms with Gasteiger partial charge in [0.05, 0.1) is 28.1 Å². The minimum Gasteiger partial charge on any atom is -0.314 e. The van der Waals surface area contributed by atoms with Gasteiger partial charge in [-0.05, 0) is 36.0 Å². The van der Waals surface area contributed by atoms with Crippen LogP contribution in [0, 0.1) is 6.92 Å². The fourth-order valence-electron chi connectivity index (χ4n) is 1.77. The lowest BCUT2D eigenvalue weighted by molar-refractivity contribution is 0.606. The van der Waals surface area contributed by atoms with Crippen LogP contribution < -0.4 is 5.32 Å². The topological polar surface area (TPSA) is 47.7 Å². The van der Waals surface area contributed by atoms with Crippen molar-refractivity contribution in [2.45, 2.75) is 20.0 Å². The Morgan fingerprint density at radius 3 is 2.76 bits per heavy atom. The SMILES string of the molecule is CNCc1ccn(Cc2c(Br)c(C)nn2C)n1. The molecule has 2 aromatic rings. The smallest absolute Gasteiger partial charge is 0.0839 e. The van der Waals surface area contributed by atoms with Crippen molar-refractivity contribution in [3.63, 3.8) is 0 Å². The number of aromatic nitrogens is 4. The summed E-state index contributed by atoms with van der Waals surface area (Å²) >= 11 is 3.56. The molecular weight excluding hydrogens is 282 g/mol. The lowest BCUT2D eigenvalue weighted by Crippen LogP contribution is -2.09. The highest BCUT2D eigenvalue weighted by Gasteiger charge is 2.11. The van der Waals surface area contributed by atoms with Gasteiger partial charge in [-0.1, -0.05) is 0 Å². The minimum atomic E-state index is 0.724. The van der Waals surface area contributed by atoms with Crippen LogP contribution in [0.3, 0.4) is 0 Å². The van der Waals surface area contributed by atoms with Gasteiger partial charge in [0.2, 0.25) is 0 Å². The van der Waals surface area contributed by atoms with Crippen LogP contribution in [0.5, 0.6) is 0 Å². The maximum atomic E-state index is 4.48. The number of halogens is 1. The standard InChI is InChI=1S/C11H16BrN5/c1-8-11(12)10(16(3)14-8)7-17-5-4-9(15-17)6-13-2/h4-5,13H,6-7H2,1-3H3. The summed E-state index contributed by atoms with van der Waals surface area (Å²) in [6, 6.07) is 2.02. The van der Waals surface area contributed by atoms with Crippen molar-refractivity contribution < 1.29 is 0 Å². The number of nitrogens with zero attached hydrogens (tertiary/aromatic N) is 4. The van der Waals surface area contributed by atoms with E-state index in [1.807, 2.05) is 42.6 Å². The number of hydrogen-bond acceptors (Lipinski definition) is 3. The van der Waals surface area contributed by atoms with Crippen molar-refractivity contribution in [2.75, 3.05) is 7.05 Å². The van der Waals surface area contributed by atoms with Crippen molar-refractivity contribution in [1.29, 1.82) is 0 Å². The summed E-state index contributed by atoms with van der Waals surface area (Å²) in [5.74, 6) is 0. The summed E-state index contributed by atoms with van der Waals surface area (Å²) in [6.45, 7) is 3.50. The first kappa shape index (κ1) is 12.3. The van der Waals surface area contributed by atoms with Gasteiger partial charge in [0.1, 0.15) is 0 Å². The Kier molecular flexibility index (Phi) is 3.63. The van der Waals surface area contributed by atoms with Crippen LogP contribution >= 0.6 is 15.9 Å². The molecule has 0 saturated heterocycles. The van der Waals surface area contributed by atoms with E-state index in [0.717, 1.165) is 34.6 Å². The predicted octanol–water partition coefficient (Wildman–Crippen LogP) is 1.46. The van der Waals surface area contributed by atoms with Gasteiger partial charge in [-0.2, -0.15) is 10.2 Å². The highest BCUT2D eigenvalue weighted by molar-refractivity contribution is 9.10. The molecule has 0 unspecified atom stereocenters. The van der Waals surface area contributed by atoms with Crippen LogP contribution in [0.1, 0.15) is 17.1 Å². The monoisotopic (exact) mass is 297 g/mol. The molecule has 2 rings (SSSR count). The third-order valence-corrected chi connectivity index (χ3v) is 3.66. The van der Waals surface area contributed by atoms with Gasteiger partial charge in [-0.3, -0.25) is 9.36 Å². The minimum absolute atomic E-state index is 0.724. The highest BCUT2D eigenvalue weighted by Crippen LogP contribution is 2.20. The second-order valence-electron chi connectivity index (χ2n) is 4.00. The molecule has 0 bridgehead atoms. The molecule has 0 fully saturated rings. The Morgan fingerprint density at radius 1 is 1.41 bits per heavy atom. The molecular formula is C11H16BrN5. The van der Waals surface area contributed by atoms with Crippen molar-refractivity contribution in [1.82, 2.24) is 24.9 Å². The van der Waals surface area contributed by atoms with Crippen molar-refractivity contribution in [2.24, 2.45) is 7.05 Å². The van der Waals surface area contributed by atoms with E-state index in [2.05, 4.69) is 31.4 Å².